The van der Waals surface area contributed by atoms with Gasteiger partial charge < -0.3 is 10.2 Å². The number of nitrogens with zero attached hydrogens (tertiary/aromatic N) is 4. The van der Waals surface area contributed by atoms with Crippen molar-refractivity contribution in [1.82, 2.24) is 24.8 Å². The molecule has 1 aliphatic heterocycles. The van der Waals surface area contributed by atoms with E-state index in [1.807, 2.05) is 58.0 Å². The average molecular weight is 420 g/mol. The largest absolute Gasteiger partial charge is 0.352 e. The number of carbonyl (C=O) groups is 2. The van der Waals surface area contributed by atoms with Gasteiger partial charge in [-0.05, 0) is 48.1 Å². The van der Waals surface area contributed by atoms with Gasteiger partial charge in [0.15, 0.2) is 11.5 Å². The van der Waals surface area contributed by atoms with E-state index >= 15 is 0 Å². The predicted octanol–water partition coefficient (Wildman–Crippen LogP) is 3.51. The van der Waals surface area contributed by atoms with Gasteiger partial charge in [-0.2, -0.15) is 0 Å². The third-order valence-electron chi connectivity index (χ3n) is 5.85. The van der Waals surface area contributed by atoms with Gasteiger partial charge in [-0.1, -0.05) is 39.0 Å². The summed E-state index contributed by atoms with van der Waals surface area (Å²) in [5.74, 6) is 0.665. The molecule has 31 heavy (non-hydrogen) atoms. The van der Waals surface area contributed by atoms with Crippen LogP contribution in [0.4, 0.5) is 0 Å². The van der Waals surface area contributed by atoms with E-state index in [2.05, 4.69) is 36.3 Å². The first kappa shape index (κ1) is 21.0. The fraction of sp³-hybridized carbons (Fsp3) is 0.417. The molecule has 1 saturated heterocycles. The second-order valence-corrected chi connectivity index (χ2v) is 9.07. The number of carbonyl (C=O) groups excluding carboxylic acids is 2. The van der Waals surface area contributed by atoms with Gasteiger partial charge >= 0.3 is 0 Å². The summed E-state index contributed by atoms with van der Waals surface area (Å²) in [5, 5.41) is 11.4. The molecule has 7 heteroatoms. The van der Waals surface area contributed by atoms with Crippen molar-refractivity contribution in [2.45, 2.75) is 51.5 Å². The lowest BCUT2D eigenvalue weighted by Crippen LogP contribution is -2.35. The Balaban J connectivity index is 1.34. The molecular weight excluding hydrogens is 390 g/mol. The van der Waals surface area contributed by atoms with Crippen LogP contribution >= 0.6 is 0 Å². The fourth-order valence-corrected chi connectivity index (χ4v) is 4.07. The number of amides is 2. The van der Waals surface area contributed by atoms with E-state index in [1.54, 1.807) is 0 Å². The van der Waals surface area contributed by atoms with Crippen molar-refractivity contribution < 1.29 is 9.59 Å². The van der Waals surface area contributed by atoms with E-state index < -0.39 is 0 Å². The first-order chi connectivity index (χ1) is 14.8. The highest BCUT2D eigenvalue weighted by atomic mass is 16.2. The number of pyridine rings is 1. The van der Waals surface area contributed by atoms with E-state index in [0.29, 0.717) is 18.7 Å². The van der Waals surface area contributed by atoms with E-state index in [1.165, 1.54) is 5.56 Å². The highest BCUT2D eigenvalue weighted by Crippen LogP contribution is 2.31. The van der Waals surface area contributed by atoms with Gasteiger partial charge in [0.25, 0.3) is 5.91 Å². The Hall–Kier alpha value is -3.22. The van der Waals surface area contributed by atoms with Crippen LogP contribution in [0.1, 0.15) is 67.8 Å². The van der Waals surface area contributed by atoms with Crippen LogP contribution in [-0.2, 0) is 10.2 Å². The molecule has 1 N–H and O–H groups in total. The molecule has 0 saturated carbocycles. The molecule has 1 aromatic carbocycles. The smallest absolute Gasteiger partial charge is 0.251 e. The number of hydrogen-bond acceptors (Lipinski definition) is 4. The van der Waals surface area contributed by atoms with Gasteiger partial charge in [0, 0.05) is 31.3 Å². The molecular formula is C24H29N5O2. The van der Waals surface area contributed by atoms with Crippen molar-refractivity contribution in [1.29, 1.82) is 0 Å². The SMILES string of the molecule is CC(C)(C)c1ccc(C(=O)NCCC(=O)N2CCC[C@@H]2c2nnc3ccccn23)cc1. The van der Waals surface area contributed by atoms with E-state index in [9.17, 15) is 9.59 Å². The first-order valence-corrected chi connectivity index (χ1v) is 10.8. The number of nitrogens with one attached hydrogen (secondary N) is 1. The maximum atomic E-state index is 12.9. The molecule has 0 unspecified atom stereocenters. The van der Waals surface area contributed by atoms with Crippen LogP contribution < -0.4 is 5.32 Å². The molecule has 0 bridgehead atoms. The van der Waals surface area contributed by atoms with Crippen LogP contribution in [0, 0.1) is 0 Å². The standard InChI is InChI=1S/C24H29N5O2/c1-24(2,3)18-11-9-17(10-12-18)23(31)25-14-13-21(30)28-16-6-7-19(28)22-27-26-20-8-4-5-15-29(20)22/h4-5,8-12,15,19H,6-7,13-14,16H2,1-3H3,(H,25,31)/t19-/m1/s1. The van der Waals surface area contributed by atoms with Crippen molar-refractivity contribution >= 4 is 17.5 Å². The van der Waals surface area contributed by atoms with Crippen molar-refractivity contribution in [3.63, 3.8) is 0 Å². The molecule has 7 nitrogen and oxygen atoms in total. The Labute approximate surface area is 182 Å². The Kier molecular flexibility index (Phi) is 5.76. The molecule has 3 aromatic rings. The monoisotopic (exact) mass is 419 g/mol. The zero-order chi connectivity index (χ0) is 22.0. The molecule has 0 radical (unpaired) electrons. The van der Waals surface area contributed by atoms with E-state index in [4.69, 9.17) is 0 Å². The van der Waals surface area contributed by atoms with Crippen LogP contribution in [0.5, 0.6) is 0 Å². The normalized spacial score (nSPS) is 16.6. The quantitative estimate of drug-likeness (QED) is 0.686. The van der Waals surface area contributed by atoms with Crippen molar-refractivity contribution in [2.75, 3.05) is 13.1 Å². The van der Waals surface area contributed by atoms with Crippen LogP contribution in [0.2, 0.25) is 0 Å². The lowest BCUT2D eigenvalue weighted by atomic mass is 9.87. The summed E-state index contributed by atoms with van der Waals surface area (Å²) in [5.41, 5.74) is 2.61. The minimum Gasteiger partial charge on any atom is -0.352 e. The number of fused-ring (bicyclic) bond motifs is 1. The Bertz CT molecular complexity index is 1080. The fourth-order valence-electron chi connectivity index (χ4n) is 4.07. The number of hydrogen-bond donors (Lipinski definition) is 1. The van der Waals surface area contributed by atoms with E-state index in [-0.39, 0.29) is 29.7 Å². The summed E-state index contributed by atoms with van der Waals surface area (Å²) in [7, 11) is 0. The van der Waals surface area contributed by atoms with Gasteiger partial charge in [-0.3, -0.25) is 14.0 Å². The van der Waals surface area contributed by atoms with E-state index in [0.717, 1.165) is 24.3 Å². The molecule has 2 amide bonds. The zero-order valence-electron chi connectivity index (χ0n) is 18.3. The zero-order valence-corrected chi connectivity index (χ0v) is 18.3. The second-order valence-electron chi connectivity index (χ2n) is 9.07. The molecule has 2 aromatic heterocycles. The van der Waals surface area contributed by atoms with Gasteiger partial charge in [0.1, 0.15) is 0 Å². The predicted molar refractivity (Wildman–Crippen MR) is 119 cm³/mol. The lowest BCUT2D eigenvalue weighted by Gasteiger charge is -2.23. The Morgan fingerprint density at radius 1 is 1.10 bits per heavy atom. The number of benzene rings is 1. The maximum absolute atomic E-state index is 12.9. The summed E-state index contributed by atoms with van der Waals surface area (Å²) >= 11 is 0. The molecule has 162 valence electrons. The van der Waals surface area contributed by atoms with Crippen LogP contribution in [0.3, 0.4) is 0 Å². The van der Waals surface area contributed by atoms with Crippen molar-refractivity contribution in [3.8, 4) is 0 Å². The lowest BCUT2D eigenvalue weighted by molar-refractivity contribution is -0.132. The molecule has 4 rings (SSSR count). The maximum Gasteiger partial charge on any atom is 0.251 e. The Morgan fingerprint density at radius 2 is 1.87 bits per heavy atom. The summed E-state index contributed by atoms with van der Waals surface area (Å²) in [4.78, 5) is 27.2. The average Bonchev–Trinajstić information content (AvgIpc) is 3.40. The third kappa shape index (κ3) is 4.45. The summed E-state index contributed by atoms with van der Waals surface area (Å²) < 4.78 is 1.94. The third-order valence-corrected chi connectivity index (χ3v) is 5.85. The highest BCUT2D eigenvalue weighted by Gasteiger charge is 2.32. The highest BCUT2D eigenvalue weighted by molar-refractivity contribution is 5.94. The number of likely N-dealkylation sites (tertiary alicyclic amines) is 1. The summed E-state index contributed by atoms with van der Waals surface area (Å²) in [6.07, 6.45) is 3.99. The van der Waals surface area contributed by atoms with Gasteiger partial charge in [0.05, 0.1) is 6.04 Å². The minimum atomic E-state index is -0.158. The molecule has 1 atom stereocenters. The molecule has 3 heterocycles. The Morgan fingerprint density at radius 3 is 2.61 bits per heavy atom. The van der Waals surface area contributed by atoms with Crippen molar-refractivity contribution in [3.05, 3.63) is 65.6 Å². The molecule has 1 fully saturated rings. The van der Waals surface area contributed by atoms with Gasteiger partial charge in [-0.25, -0.2) is 0 Å². The topological polar surface area (TPSA) is 79.6 Å². The van der Waals surface area contributed by atoms with Crippen LogP contribution in [-0.4, -0.2) is 44.4 Å². The summed E-state index contributed by atoms with van der Waals surface area (Å²) in [6, 6.07) is 13.3. The van der Waals surface area contributed by atoms with Gasteiger partial charge in [0.2, 0.25) is 5.91 Å². The first-order valence-electron chi connectivity index (χ1n) is 10.8. The van der Waals surface area contributed by atoms with Crippen LogP contribution in [0.25, 0.3) is 5.65 Å². The molecule has 0 aliphatic carbocycles. The minimum absolute atomic E-state index is 0.0264. The van der Waals surface area contributed by atoms with Crippen molar-refractivity contribution in [2.24, 2.45) is 0 Å². The second kappa shape index (κ2) is 8.49. The number of rotatable bonds is 5. The van der Waals surface area contributed by atoms with Crippen LogP contribution in [0.15, 0.2) is 48.7 Å². The van der Waals surface area contributed by atoms with Gasteiger partial charge in [-0.15, -0.1) is 10.2 Å². The molecule has 0 spiro atoms. The molecule has 1 aliphatic rings. The number of aromatic nitrogens is 3. The summed E-state index contributed by atoms with van der Waals surface area (Å²) in [6.45, 7) is 7.43.